The van der Waals surface area contributed by atoms with Gasteiger partial charge < -0.3 is 10.4 Å². The Bertz CT molecular complexity index is 389. The van der Waals surface area contributed by atoms with Gasteiger partial charge >= 0.3 is 0 Å². The summed E-state index contributed by atoms with van der Waals surface area (Å²) in [5.41, 5.74) is 2.38. The molecule has 1 unspecified atom stereocenters. The summed E-state index contributed by atoms with van der Waals surface area (Å²) in [4.78, 5) is 0. The minimum Gasteiger partial charge on any atom is -0.394 e. The summed E-state index contributed by atoms with van der Waals surface area (Å²) in [7, 11) is 0. The van der Waals surface area contributed by atoms with Gasteiger partial charge in [-0.2, -0.15) is 5.10 Å². The monoisotopic (exact) mass is 281 g/mol. The number of hydrogen-bond donors (Lipinski definition) is 2. The molecule has 0 saturated heterocycles. The van der Waals surface area contributed by atoms with Gasteiger partial charge in [-0.05, 0) is 51.6 Å². The van der Waals surface area contributed by atoms with Gasteiger partial charge in [0, 0.05) is 17.8 Å². The van der Waals surface area contributed by atoms with Crippen LogP contribution in [0.3, 0.4) is 0 Å². The first kappa shape index (κ1) is 17.2. The van der Waals surface area contributed by atoms with Crippen LogP contribution >= 0.6 is 0 Å². The van der Waals surface area contributed by atoms with Gasteiger partial charge in [-0.15, -0.1) is 0 Å². The van der Waals surface area contributed by atoms with Gasteiger partial charge in [0.05, 0.1) is 12.3 Å². The number of hydrogen-bond acceptors (Lipinski definition) is 3. The zero-order chi connectivity index (χ0) is 15.0. The quantitative estimate of drug-likeness (QED) is 0.648. The number of aliphatic hydroxyl groups is 1. The molecule has 20 heavy (non-hydrogen) atoms. The molecule has 0 aliphatic rings. The predicted octanol–water partition coefficient (Wildman–Crippen LogP) is 2.54. The Hall–Kier alpha value is -0.870. The fourth-order valence-electron chi connectivity index (χ4n) is 2.59. The van der Waals surface area contributed by atoms with E-state index in [4.69, 9.17) is 0 Å². The summed E-state index contributed by atoms with van der Waals surface area (Å²) in [6, 6.07) is 2.22. The third kappa shape index (κ3) is 4.91. The zero-order valence-corrected chi connectivity index (χ0v) is 13.6. The van der Waals surface area contributed by atoms with Crippen LogP contribution in [0.25, 0.3) is 0 Å². The fourth-order valence-corrected chi connectivity index (χ4v) is 2.59. The van der Waals surface area contributed by atoms with E-state index in [1.165, 1.54) is 11.4 Å². The van der Waals surface area contributed by atoms with E-state index in [2.05, 4.69) is 48.9 Å². The van der Waals surface area contributed by atoms with Gasteiger partial charge in [-0.25, -0.2) is 0 Å². The van der Waals surface area contributed by atoms with E-state index in [1.807, 2.05) is 0 Å². The van der Waals surface area contributed by atoms with E-state index >= 15 is 0 Å². The van der Waals surface area contributed by atoms with Crippen LogP contribution in [-0.4, -0.2) is 33.6 Å². The van der Waals surface area contributed by atoms with Crippen LogP contribution in [-0.2, 0) is 19.4 Å². The van der Waals surface area contributed by atoms with Crippen LogP contribution in [0.2, 0.25) is 0 Å². The number of aryl methyl sites for hydroxylation is 3. The molecule has 0 aliphatic heterocycles. The van der Waals surface area contributed by atoms with Crippen molar-refractivity contribution in [2.75, 3.05) is 13.2 Å². The van der Waals surface area contributed by atoms with Crippen molar-refractivity contribution in [1.82, 2.24) is 15.1 Å². The second-order valence-electron chi connectivity index (χ2n) is 5.76. The highest BCUT2D eigenvalue weighted by Gasteiger charge is 2.20. The zero-order valence-electron chi connectivity index (χ0n) is 13.6. The number of aliphatic hydroxyl groups excluding tert-OH is 1. The van der Waals surface area contributed by atoms with Gasteiger partial charge in [0.25, 0.3) is 0 Å². The normalized spacial score (nSPS) is 14.4. The molecule has 1 rings (SSSR count). The van der Waals surface area contributed by atoms with Gasteiger partial charge in [0.15, 0.2) is 0 Å². The molecule has 2 N–H and O–H groups in total. The lowest BCUT2D eigenvalue weighted by Gasteiger charge is -2.28. The molecule has 116 valence electrons. The van der Waals surface area contributed by atoms with Crippen molar-refractivity contribution < 1.29 is 5.11 Å². The predicted molar refractivity (Wildman–Crippen MR) is 84.0 cm³/mol. The fraction of sp³-hybridized carbons (Fsp3) is 0.812. The van der Waals surface area contributed by atoms with E-state index in [-0.39, 0.29) is 12.1 Å². The molecule has 1 atom stereocenters. The Morgan fingerprint density at radius 3 is 2.55 bits per heavy atom. The second-order valence-corrected chi connectivity index (χ2v) is 5.76. The van der Waals surface area contributed by atoms with Crippen LogP contribution in [0.1, 0.15) is 58.3 Å². The Balaban J connectivity index is 2.42. The first-order chi connectivity index (χ1) is 9.58. The molecule has 0 amide bonds. The highest BCUT2D eigenvalue weighted by molar-refractivity contribution is 5.10. The average molecular weight is 281 g/mol. The number of unbranched alkanes of at least 4 members (excludes halogenated alkanes) is 1. The SMILES string of the molecule is CCNC(C)(CO)CCCCn1nc(CC)cc1CC. The highest BCUT2D eigenvalue weighted by atomic mass is 16.3. The van der Waals surface area contributed by atoms with Crippen molar-refractivity contribution in [1.29, 1.82) is 0 Å². The molecule has 0 aromatic carbocycles. The van der Waals surface area contributed by atoms with Crippen molar-refractivity contribution >= 4 is 0 Å². The Labute approximate surface area is 123 Å². The summed E-state index contributed by atoms with van der Waals surface area (Å²) in [5.74, 6) is 0. The smallest absolute Gasteiger partial charge is 0.0624 e. The maximum absolute atomic E-state index is 9.47. The lowest BCUT2D eigenvalue weighted by Crippen LogP contribution is -2.45. The molecule has 1 aromatic rings. The molecular formula is C16H31N3O. The minimum absolute atomic E-state index is 0.138. The van der Waals surface area contributed by atoms with E-state index in [0.29, 0.717) is 0 Å². The largest absolute Gasteiger partial charge is 0.394 e. The number of rotatable bonds is 10. The highest BCUT2D eigenvalue weighted by Crippen LogP contribution is 2.14. The summed E-state index contributed by atoms with van der Waals surface area (Å²) < 4.78 is 2.16. The molecule has 0 saturated carbocycles. The minimum atomic E-state index is -0.138. The van der Waals surface area contributed by atoms with Crippen molar-refractivity contribution in [2.45, 2.75) is 71.9 Å². The first-order valence-electron chi connectivity index (χ1n) is 8.00. The molecule has 0 fully saturated rings. The number of nitrogens with zero attached hydrogens (tertiary/aromatic N) is 2. The molecule has 0 aliphatic carbocycles. The van der Waals surface area contributed by atoms with E-state index in [0.717, 1.165) is 45.2 Å². The number of aromatic nitrogens is 2. The second kappa shape index (κ2) is 8.42. The molecule has 0 bridgehead atoms. The van der Waals surface area contributed by atoms with Crippen molar-refractivity contribution in [3.8, 4) is 0 Å². The molecule has 1 heterocycles. The molecule has 0 spiro atoms. The van der Waals surface area contributed by atoms with Crippen molar-refractivity contribution in [3.63, 3.8) is 0 Å². The number of likely N-dealkylation sites (N-methyl/N-ethyl adjacent to an activating group) is 1. The molecular weight excluding hydrogens is 250 g/mol. The van der Waals surface area contributed by atoms with Crippen molar-refractivity contribution in [3.05, 3.63) is 17.5 Å². The van der Waals surface area contributed by atoms with E-state index in [9.17, 15) is 5.11 Å². The topological polar surface area (TPSA) is 50.1 Å². The summed E-state index contributed by atoms with van der Waals surface area (Å²) >= 11 is 0. The Morgan fingerprint density at radius 1 is 1.25 bits per heavy atom. The van der Waals surface area contributed by atoms with Gasteiger partial charge in [0.1, 0.15) is 0 Å². The maximum Gasteiger partial charge on any atom is 0.0624 e. The third-order valence-electron chi connectivity index (χ3n) is 3.94. The molecule has 4 heteroatoms. The van der Waals surface area contributed by atoms with E-state index < -0.39 is 0 Å². The summed E-state index contributed by atoms with van der Waals surface area (Å²) in [5, 5.41) is 17.5. The van der Waals surface area contributed by atoms with Crippen LogP contribution in [0.5, 0.6) is 0 Å². The lowest BCUT2D eigenvalue weighted by molar-refractivity contribution is 0.164. The maximum atomic E-state index is 9.47. The third-order valence-corrected chi connectivity index (χ3v) is 3.94. The Kier molecular flexibility index (Phi) is 7.24. The van der Waals surface area contributed by atoms with Crippen LogP contribution in [0, 0.1) is 0 Å². The van der Waals surface area contributed by atoms with Gasteiger partial charge in [-0.3, -0.25) is 4.68 Å². The Morgan fingerprint density at radius 2 is 2.00 bits per heavy atom. The lowest BCUT2D eigenvalue weighted by atomic mass is 9.96. The molecule has 1 aromatic heterocycles. The molecule has 0 radical (unpaired) electrons. The average Bonchev–Trinajstić information content (AvgIpc) is 2.86. The number of nitrogens with one attached hydrogen (secondary N) is 1. The van der Waals surface area contributed by atoms with Gasteiger partial charge in [-0.1, -0.05) is 20.8 Å². The van der Waals surface area contributed by atoms with Crippen LogP contribution in [0.15, 0.2) is 6.07 Å². The first-order valence-corrected chi connectivity index (χ1v) is 8.00. The molecule has 4 nitrogen and oxygen atoms in total. The van der Waals surface area contributed by atoms with Gasteiger partial charge in [0.2, 0.25) is 0 Å². The van der Waals surface area contributed by atoms with E-state index in [1.54, 1.807) is 0 Å². The standard InChI is InChI=1S/C16H31N3O/c1-5-14-12-15(6-2)19(18-14)11-9-8-10-16(4,13-20)17-7-3/h12,17,20H,5-11,13H2,1-4H3. The summed E-state index contributed by atoms with van der Waals surface area (Å²) in [6.45, 7) is 10.6. The summed E-state index contributed by atoms with van der Waals surface area (Å²) in [6.07, 6.45) is 5.26. The van der Waals surface area contributed by atoms with Crippen LogP contribution in [0.4, 0.5) is 0 Å². The van der Waals surface area contributed by atoms with Crippen molar-refractivity contribution in [2.24, 2.45) is 0 Å². The van der Waals surface area contributed by atoms with Crippen LogP contribution < -0.4 is 5.32 Å².